The van der Waals surface area contributed by atoms with Crippen molar-refractivity contribution >= 4 is 5.95 Å². The van der Waals surface area contributed by atoms with E-state index in [2.05, 4.69) is 34.9 Å². The van der Waals surface area contributed by atoms with Gasteiger partial charge in [0.15, 0.2) is 0 Å². The largest absolute Gasteiger partial charge is 0.385 e. The number of ether oxygens (including phenoxy) is 2. The molecule has 0 unspecified atom stereocenters. The molecule has 0 aliphatic rings. The minimum absolute atomic E-state index is 0.582. The van der Waals surface area contributed by atoms with Crippen LogP contribution >= 0.6 is 0 Å². The van der Waals surface area contributed by atoms with Crippen molar-refractivity contribution in [1.82, 2.24) is 9.55 Å². The smallest absolute Gasteiger partial charge is 0.203 e. The zero-order valence-corrected chi connectivity index (χ0v) is 12.6. The molecule has 0 saturated heterocycles. The SMILES string of the molecule is COCCCn1cc(C)nc1NCCOCC(C)C. The van der Waals surface area contributed by atoms with Gasteiger partial charge in [0.25, 0.3) is 0 Å². The Morgan fingerprint density at radius 1 is 1.37 bits per heavy atom. The summed E-state index contributed by atoms with van der Waals surface area (Å²) in [6.45, 7) is 10.3. The summed E-state index contributed by atoms with van der Waals surface area (Å²) in [5.41, 5.74) is 1.03. The monoisotopic (exact) mass is 269 g/mol. The Morgan fingerprint density at radius 3 is 2.84 bits per heavy atom. The van der Waals surface area contributed by atoms with Crippen LogP contribution in [0.15, 0.2) is 6.20 Å². The van der Waals surface area contributed by atoms with Crippen LogP contribution in [0.4, 0.5) is 5.95 Å². The molecule has 0 bridgehead atoms. The standard InChI is InChI=1S/C14H27N3O2/c1-12(2)11-19-9-6-15-14-16-13(3)10-17(14)7-5-8-18-4/h10,12H,5-9,11H2,1-4H3,(H,15,16). The summed E-state index contributed by atoms with van der Waals surface area (Å²) in [6.07, 6.45) is 3.05. The van der Waals surface area contributed by atoms with E-state index in [0.29, 0.717) is 12.5 Å². The summed E-state index contributed by atoms with van der Waals surface area (Å²) < 4.78 is 12.7. The number of anilines is 1. The zero-order chi connectivity index (χ0) is 14.1. The molecule has 1 N–H and O–H groups in total. The topological polar surface area (TPSA) is 48.3 Å². The summed E-state index contributed by atoms with van der Waals surface area (Å²) in [5.74, 6) is 1.50. The molecule has 0 radical (unpaired) electrons. The first kappa shape index (κ1) is 16.0. The summed E-state index contributed by atoms with van der Waals surface area (Å²) >= 11 is 0. The Hall–Kier alpha value is -1.07. The number of hydrogen-bond donors (Lipinski definition) is 1. The fourth-order valence-corrected chi connectivity index (χ4v) is 1.79. The van der Waals surface area contributed by atoms with Crippen LogP contribution in [-0.4, -0.2) is 43.0 Å². The molecule has 0 aromatic carbocycles. The second-order valence-corrected chi connectivity index (χ2v) is 5.14. The predicted octanol–water partition coefficient (Wildman–Crippen LogP) is 2.31. The van der Waals surface area contributed by atoms with Gasteiger partial charge in [0.05, 0.1) is 12.3 Å². The van der Waals surface area contributed by atoms with E-state index >= 15 is 0 Å². The zero-order valence-electron chi connectivity index (χ0n) is 12.6. The van der Waals surface area contributed by atoms with E-state index in [-0.39, 0.29) is 0 Å². The number of nitrogens with one attached hydrogen (secondary N) is 1. The first-order chi connectivity index (χ1) is 9.13. The van der Waals surface area contributed by atoms with Crippen molar-refractivity contribution < 1.29 is 9.47 Å². The van der Waals surface area contributed by atoms with Gasteiger partial charge >= 0.3 is 0 Å². The van der Waals surface area contributed by atoms with E-state index in [4.69, 9.17) is 9.47 Å². The number of hydrogen-bond acceptors (Lipinski definition) is 4. The van der Waals surface area contributed by atoms with Crippen LogP contribution in [0.3, 0.4) is 0 Å². The van der Waals surface area contributed by atoms with Crippen LogP contribution in [0, 0.1) is 12.8 Å². The molecule has 0 spiro atoms. The second kappa shape index (κ2) is 8.93. The van der Waals surface area contributed by atoms with Crippen LogP contribution in [0.2, 0.25) is 0 Å². The van der Waals surface area contributed by atoms with Crippen molar-refractivity contribution in [2.24, 2.45) is 5.92 Å². The van der Waals surface area contributed by atoms with Crippen LogP contribution in [0.1, 0.15) is 26.0 Å². The minimum atomic E-state index is 0.582. The quantitative estimate of drug-likeness (QED) is 0.662. The van der Waals surface area contributed by atoms with Crippen LogP contribution < -0.4 is 5.32 Å². The molecule has 110 valence electrons. The number of rotatable bonds is 10. The molecule has 1 rings (SSSR count). The highest BCUT2D eigenvalue weighted by molar-refractivity contribution is 5.28. The normalized spacial score (nSPS) is 11.2. The van der Waals surface area contributed by atoms with Crippen molar-refractivity contribution in [3.05, 3.63) is 11.9 Å². The molecule has 0 saturated carbocycles. The van der Waals surface area contributed by atoms with Crippen molar-refractivity contribution in [1.29, 1.82) is 0 Å². The van der Waals surface area contributed by atoms with Gasteiger partial charge in [-0.3, -0.25) is 0 Å². The molecule has 0 amide bonds. The Balaban J connectivity index is 2.31. The predicted molar refractivity (Wildman–Crippen MR) is 77.6 cm³/mol. The number of methoxy groups -OCH3 is 1. The highest BCUT2D eigenvalue weighted by Crippen LogP contribution is 2.09. The second-order valence-electron chi connectivity index (χ2n) is 5.14. The van der Waals surface area contributed by atoms with Gasteiger partial charge in [-0.1, -0.05) is 13.8 Å². The third-order valence-corrected chi connectivity index (χ3v) is 2.63. The number of aromatic nitrogens is 2. The van der Waals surface area contributed by atoms with E-state index in [1.54, 1.807) is 7.11 Å². The average molecular weight is 269 g/mol. The Labute approximate surface area is 116 Å². The van der Waals surface area contributed by atoms with Crippen LogP contribution in [0.5, 0.6) is 0 Å². The highest BCUT2D eigenvalue weighted by atomic mass is 16.5. The lowest BCUT2D eigenvalue weighted by Gasteiger charge is -2.10. The van der Waals surface area contributed by atoms with Gasteiger partial charge in [0, 0.05) is 39.6 Å². The third kappa shape index (κ3) is 6.59. The molecule has 0 aliphatic heterocycles. The van der Waals surface area contributed by atoms with Gasteiger partial charge in [0.1, 0.15) is 0 Å². The van der Waals surface area contributed by atoms with Gasteiger partial charge in [-0.05, 0) is 19.3 Å². The van der Waals surface area contributed by atoms with E-state index in [1.165, 1.54) is 0 Å². The van der Waals surface area contributed by atoms with Crippen molar-refractivity contribution in [3.8, 4) is 0 Å². The fourth-order valence-electron chi connectivity index (χ4n) is 1.79. The van der Waals surface area contributed by atoms with E-state index in [1.807, 2.05) is 6.92 Å². The molecular weight excluding hydrogens is 242 g/mol. The maximum Gasteiger partial charge on any atom is 0.203 e. The molecule has 1 aromatic heterocycles. The van der Waals surface area contributed by atoms with Gasteiger partial charge < -0.3 is 19.4 Å². The molecule has 0 fully saturated rings. The highest BCUT2D eigenvalue weighted by Gasteiger charge is 2.04. The van der Waals surface area contributed by atoms with E-state index in [0.717, 1.165) is 44.4 Å². The molecule has 1 heterocycles. The van der Waals surface area contributed by atoms with Gasteiger partial charge in [-0.15, -0.1) is 0 Å². The van der Waals surface area contributed by atoms with Crippen molar-refractivity contribution in [2.75, 3.05) is 38.8 Å². The molecule has 19 heavy (non-hydrogen) atoms. The number of aryl methyl sites for hydroxylation is 2. The van der Waals surface area contributed by atoms with E-state index in [9.17, 15) is 0 Å². The lowest BCUT2D eigenvalue weighted by atomic mass is 10.2. The number of imidazole rings is 1. The molecular formula is C14H27N3O2. The minimum Gasteiger partial charge on any atom is -0.385 e. The lowest BCUT2D eigenvalue weighted by Crippen LogP contribution is -2.15. The van der Waals surface area contributed by atoms with Crippen LogP contribution in [-0.2, 0) is 16.0 Å². The summed E-state index contributed by atoms with van der Waals surface area (Å²) in [4.78, 5) is 4.48. The first-order valence-electron chi connectivity index (χ1n) is 6.97. The van der Waals surface area contributed by atoms with Gasteiger partial charge in [0.2, 0.25) is 5.95 Å². The maximum absolute atomic E-state index is 5.54. The van der Waals surface area contributed by atoms with E-state index < -0.39 is 0 Å². The first-order valence-corrected chi connectivity index (χ1v) is 6.97. The van der Waals surface area contributed by atoms with Crippen molar-refractivity contribution in [2.45, 2.75) is 33.7 Å². The molecule has 1 aromatic rings. The molecule has 5 heteroatoms. The van der Waals surface area contributed by atoms with Crippen molar-refractivity contribution in [3.63, 3.8) is 0 Å². The van der Waals surface area contributed by atoms with Crippen LogP contribution in [0.25, 0.3) is 0 Å². The Morgan fingerprint density at radius 2 is 2.16 bits per heavy atom. The number of nitrogens with zero attached hydrogens (tertiary/aromatic N) is 2. The summed E-state index contributed by atoms with van der Waals surface area (Å²) in [5, 5.41) is 3.32. The Bertz CT molecular complexity index is 350. The molecule has 0 atom stereocenters. The lowest BCUT2D eigenvalue weighted by molar-refractivity contribution is 0.118. The van der Waals surface area contributed by atoms with Gasteiger partial charge in [-0.2, -0.15) is 0 Å². The fraction of sp³-hybridized carbons (Fsp3) is 0.786. The average Bonchev–Trinajstić information content (AvgIpc) is 2.69. The molecule has 0 aliphatic carbocycles. The molecule has 5 nitrogen and oxygen atoms in total. The summed E-state index contributed by atoms with van der Waals surface area (Å²) in [7, 11) is 1.73. The Kier molecular flexibility index (Phi) is 7.52. The third-order valence-electron chi connectivity index (χ3n) is 2.63. The maximum atomic E-state index is 5.54. The van der Waals surface area contributed by atoms with Gasteiger partial charge in [-0.25, -0.2) is 4.98 Å². The summed E-state index contributed by atoms with van der Waals surface area (Å²) in [6, 6.07) is 0.